The van der Waals surface area contributed by atoms with E-state index in [-0.39, 0.29) is 0 Å². The summed E-state index contributed by atoms with van der Waals surface area (Å²) in [6.45, 7) is 13.6. The number of nitrogens with zero attached hydrogens (tertiary/aromatic N) is 2. The zero-order valence-corrected chi connectivity index (χ0v) is 36.6. The molecule has 2 aromatic carbocycles. The zero-order chi connectivity index (χ0) is 38.8. The smallest absolute Gasteiger partial charge is 0.211 e. The summed E-state index contributed by atoms with van der Waals surface area (Å²) in [6, 6.07) is 14.1. The number of rotatable bonds is 32. The van der Waals surface area contributed by atoms with Crippen LogP contribution in [0.2, 0.25) is 0 Å². The van der Waals surface area contributed by atoms with Crippen molar-refractivity contribution in [3.63, 3.8) is 0 Å². The van der Waals surface area contributed by atoms with Crippen molar-refractivity contribution in [1.29, 1.82) is 0 Å². The third-order valence-corrected chi connectivity index (χ3v) is 12.0. The van der Waals surface area contributed by atoms with E-state index >= 15 is 0 Å². The van der Waals surface area contributed by atoms with Gasteiger partial charge in [-0.15, -0.1) is 0 Å². The number of unbranched alkanes of at least 4 members (excludes halogenated alkanes) is 23. The minimum atomic E-state index is 0.925. The fourth-order valence-electron chi connectivity index (χ4n) is 8.88. The molecular weight excluding hydrogens is 653 g/mol. The molecule has 2 aromatic rings. The Morgan fingerprint density at radius 3 is 1.06 bits per heavy atom. The maximum absolute atomic E-state index is 12.2. The molecule has 0 aromatic heterocycles. The molecule has 1 heterocycles. The average Bonchev–Trinajstić information content (AvgIpc) is 3.44. The monoisotopic (exact) mass is 737 g/mol. The van der Waals surface area contributed by atoms with Crippen molar-refractivity contribution >= 4 is 11.4 Å². The van der Waals surface area contributed by atoms with Gasteiger partial charge in [0, 0.05) is 22.3 Å². The summed E-state index contributed by atoms with van der Waals surface area (Å²) < 4.78 is 1.59. The first kappa shape index (κ1) is 45.9. The Balaban J connectivity index is 1.59. The number of hydrogen-bond acceptors (Lipinski definition) is 0. The molecule has 0 fully saturated rings. The van der Waals surface area contributed by atoms with E-state index in [1.165, 1.54) is 199 Å². The van der Waals surface area contributed by atoms with Gasteiger partial charge < -0.3 is 5.53 Å². The Hall–Kier alpha value is -2.48. The van der Waals surface area contributed by atoms with Crippen LogP contribution in [0.4, 0.5) is 0 Å². The topological polar surface area (TPSA) is 25.3 Å². The van der Waals surface area contributed by atoms with Crippen LogP contribution < -0.4 is 0 Å². The van der Waals surface area contributed by atoms with Crippen molar-refractivity contribution < 1.29 is 4.70 Å². The fraction of sp³-hybridized carbons (Fsp3) is 0.692. The summed E-state index contributed by atoms with van der Waals surface area (Å²) in [5, 5.41) is 0. The number of aryl methyl sites for hydroxylation is 4. The molecule has 0 saturated heterocycles. The molecule has 0 atom stereocenters. The van der Waals surface area contributed by atoms with Gasteiger partial charge in [-0.05, 0) is 94.2 Å². The lowest BCUT2D eigenvalue weighted by Gasteiger charge is -2.13. The molecule has 2 nitrogen and oxygen atoms in total. The molecule has 0 spiro atoms. The Labute approximate surface area is 335 Å². The second-order valence-electron chi connectivity index (χ2n) is 17.1. The van der Waals surface area contributed by atoms with Crippen molar-refractivity contribution in [1.82, 2.24) is 0 Å². The Morgan fingerprint density at radius 2 is 0.704 bits per heavy atom. The van der Waals surface area contributed by atoms with E-state index in [2.05, 4.69) is 77.9 Å². The molecule has 0 amide bonds. The number of hydrogen-bond donors (Lipinski definition) is 0. The maximum atomic E-state index is 12.2. The van der Waals surface area contributed by atoms with E-state index in [0.717, 1.165) is 49.9 Å². The van der Waals surface area contributed by atoms with Crippen LogP contribution in [0.5, 0.6) is 0 Å². The lowest BCUT2D eigenvalue weighted by molar-refractivity contribution is -0.345. The van der Waals surface area contributed by atoms with Gasteiger partial charge in [0.1, 0.15) is 0 Å². The molecule has 0 radical (unpaired) electrons. The zero-order valence-electron chi connectivity index (χ0n) is 36.6. The highest BCUT2D eigenvalue weighted by Gasteiger charge is 2.35. The van der Waals surface area contributed by atoms with Crippen molar-refractivity contribution in [2.75, 3.05) is 0 Å². The van der Waals surface area contributed by atoms with Crippen LogP contribution in [0.3, 0.4) is 0 Å². The van der Waals surface area contributed by atoms with Crippen LogP contribution in [0.25, 0.3) is 16.9 Å². The quantitative estimate of drug-likeness (QED) is 0.0528. The SMILES string of the molecule is CCCCCCCCCCCCCCc1cc(C)cc(C2=C(CC)C(CCCC)=C(c3cc(C)cc(CCCCCCCCCCCCCC)c3)[N+]2=[N-])c1. The molecule has 302 valence electrons. The van der Waals surface area contributed by atoms with Crippen LogP contribution in [-0.4, -0.2) is 4.70 Å². The predicted octanol–water partition coefficient (Wildman–Crippen LogP) is 17.6. The lowest BCUT2D eigenvalue weighted by Crippen LogP contribution is -2.04. The third-order valence-electron chi connectivity index (χ3n) is 12.0. The highest BCUT2D eigenvalue weighted by Crippen LogP contribution is 2.44. The molecule has 1 aliphatic heterocycles. The van der Waals surface area contributed by atoms with Gasteiger partial charge in [0.25, 0.3) is 0 Å². The summed E-state index contributed by atoms with van der Waals surface area (Å²) in [5.41, 5.74) is 24.7. The average molecular weight is 737 g/mol. The van der Waals surface area contributed by atoms with Crippen LogP contribution >= 0.6 is 0 Å². The summed E-state index contributed by atoms with van der Waals surface area (Å²) >= 11 is 0. The normalized spacial score (nSPS) is 13.3. The molecule has 3 rings (SSSR count). The summed E-state index contributed by atoms with van der Waals surface area (Å²) in [4.78, 5) is 0. The van der Waals surface area contributed by atoms with E-state index in [4.69, 9.17) is 0 Å². The van der Waals surface area contributed by atoms with Gasteiger partial charge in [-0.2, -0.15) is 0 Å². The molecule has 1 aliphatic rings. The molecular formula is C52H84N2. The standard InChI is InChI=1S/C52H84N2/c1-7-11-14-16-18-20-22-24-26-28-30-32-34-45-37-43(5)39-47(41-45)51-49(10-4)50(36-13-9-3)52(54(51)53)48-40-44(6)38-46(42-48)35-33-31-29-27-25-23-21-19-17-15-12-8-2/h37-42H,7-36H2,1-6H3. The summed E-state index contributed by atoms with van der Waals surface area (Å²) in [6.07, 6.45) is 39.6. The minimum absolute atomic E-state index is 0.925. The molecule has 0 aliphatic carbocycles. The first-order chi connectivity index (χ1) is 26.4. The van der Waals surface area contributed by atoms with Gasteiger partial charge in [-0.1, -0.05) is 199 Å². The van der Waals surface area contributed by atoms with E-state index < -0.39 is 0 Å². The predicted molar refractivity (Wildman–Crippen MR) is 239 cm³/mol. The van der Waals surface area contributed by atoms with Gasteiger partial charge in [0.05, 0.1) is 0 Å². The van der Waals surface area contributed by atoms with E-state index in [1.807, 2.05) is 0 Å². The molecule has 0 unspecified atom stereocenters. The van der Waals surface area contributed by atoms with Crippen molar-refractivity contribution in [3.05, 3.63) is 86.5 Å². The molecule has 54 heavy (non-hydrogen) atoms. The Bertz CT molecular complexity index is 1410. The summed E-state index contributed by atoms with van der Waals surface area (Å²) in [7, 11) is 0. The lowest BCUT2D eigenvalue weighted by atomic mass is 9.92. The highest BCUT2D eigenvalue weighted by atomic mass is 15.2. The van der Waals surface area contributed by atoms with Gasteiger partial charge in [-0.25, -0.2) is 4.70 Å². The van der Waals surface area contributed by atoms with E-state index in [1.54, 1.807) is 4.70 Å². The molecule has 0 bridgehead atoms. The van der Waals surface area contributed by atoms with Crippen molar-refractivity contribution in [2.45, 2.75) is 234 Å². The highest BCUT2D eigenvalue weighted by molar-refractivity contribution is 5.82. The van der Waals surface area contributed by atoms with Gasteiger partial charge in [-0.3, -0.25) is 0 Å². The first-order valence-corrected chi connectivity index (χ1v) is 23.6. The van der Waals surface area contributed by atoms with E-state index in [9.17, 15) is 5.53 Å². The van der Waals surface area contributed by atoms with Gasteiger partial charge in [0.15, 0.2) is 0 Å². The number of benzene rings is 2. The second kappa shape index (κ2) is 28.0. The maximum Gasteiger partial charge on any atom is 0.211 e. The Kier molecular flexibility index (Phi) is 23.8. The van der Waals surface area contributed by atoms with Gasteiger partial charge in [0.2, 0.25) is 11.4 Å². The van der Waals surface area contributed by atoms with Crippen molar-refractivity contribution in [2.24, 2.45) is 0 Å². The van der Waals surface area contributed by atoms with Crippen LogP contribution in [0.15, 0.2) is 47.5 Å². The first-order valence-electron chi connectivity index (χ1n) is 23.6. The fourth-order valence-corrected chi connectivity index (χ4v) is 8.88. The molecule has 2 heteroatoms. The minimum Gasteiger partial charge on any atom is -0.493 e. The van der Waals surface area contributed by atoms with E-state index in [0.29, 0.717) is 0 Å². The van der Waals surface area contributed by atoms with Crippen LogP contribution in [0.1, 0.15) is 241 Å². The van der Waals surface area contributed by atoms with Crippen molar-refractivity contribution in [3.8, 4) is 0 Å². The Morgan fingerprint density at radius 1 is 0.370 bits per heavy atom. The molecule has 0 saturated carbocycles. The van der Waals surface area contributed by atoms with Gasteiger partial charge >= 0.3 is 0 Å². The summed E-state index contributed by atoms with van der Waals surface area (Å²) in [5.74, 6) is 0. The third kappa shape index (κ3) is 16.7. The largest absolute Gasteiger partial charge is 0.493 e. The van der Waals surface area contributed by atoms with Crippen LogP contribution in [0, 0.1) is 13.8 Å². The number of allylic oxidation sites excluding steroid dienone is 2. The van der Waals surface area contributed by atoms with Crippen LogP contribution in [-0.2, 0) is 12.8 Å². The molecule has 0 N–H and O–H groups in total. The second-order valence-corrected chi connectivity index (χ2v) is 17.1.